The van der Waals surface area contributed by atoms with Crippen LogP contribution in [-0.4, -0.2) is 15.7 Å². The van der Waals surface area contributed by atoms with Crippen LogP contribution in [-0.2, 0) is 11.2 Å². The minimum Gasteiger partial charge on any atom is -0.349 e. The zero-order chi connectivity index (χ0) is 15.8. The van der Waals surface area contributed by atoms with Crippen molar-refractivity contribution in [1.29, 1.82) is 0 Å². The molecule has 1 N–H and O–H groups in total. The highest BCUT2D eigenvalue weighted by Crippen LogP contribution is 2.33. The van der Waals surface area contributed by atoms with Crippen molar-refractivity contribution in [2.75, 3.05) is 0 Å². The molecule has 4 rings (SSSR count). The Kier molecular flexibility index (Phi) is 3.63. The maximum absolute atomic E-state index is 13.1. The Hall–Kier alpha value is -2.17. The number of halogens is 1. The van der Waals surface area contributed by atoms with Gasteiger partial charge in [0.05, 0.1) is 17.9 Å². The maximum atomic E-state index is 13.1. The second kappa shape index (κ2) is 5.80. The van der Waals surface area contributed by atoms with Gasteiger partial charge in [-0.25, -0.2) is 9.07 Å². The SMILES string of the molecule is O=C(N[C@H]1CCCc2c1cnn2-c1ccc(F)cc1)C1CCC1. The summed E-state index contributed by atoms with van der Waals surface area (Å²) in [5.41, 5.74) is 3.09. The van der Waals surface area contributed by atoms with Crippen LogP contribution in [0.3, 0.4) is 0 Å². The van der Waals surface area contributed by atoms with Crippen LogP contribution in [0.25, 0.3) is 5.69 Å². The second-order valence-corrected chi connectivity index (χ2v) is 6.52. The molecule has 1 saturated carbocycles. The molecule has 1 fully saturated rings. The van der Waals surface area contributed by atoms with Crippen LogP contribution in [0.15, 0.2) is 30.5 Å². The van der Waals surface area contributed by atoms with Crippen molar-refractivity contribution in [2.45, 2.75) is 44.6 Å². The van der Waals surface area contributed by atoms with Gasteiger partial charge in [0, 0.05) is 17.2 Å². The quantitative estimate of drug-likeness (QED) is 0.945. The molecule has 2 aliphatic rings. The first-order chi connectivity index (χ1) is 11.2. The first kappa shape index (κ1) is 14.4. The molecule has 2 aliphatic carbocycles. The van der Waals surface area contributed by atoms with E-state index in [0.717, 1.165) is 55.5 Å². The van der Waals surface area contributed by atoms with Gasteiger partial charge in [-0.15, -0.1) is 0 Å². The molecule has 0 spiro atoms. The Morgan fingerprint density at radius 1 is 1.17 bits per heavy atom. The molecule has 1 atom stereocenters. The maximum Gasteiger partial charge on any atom is 0.223 e. The second-order valence-electron chi connectivity index (χ2n) is 6.52. The Morgan fingerprint density at radius 2 is 1.96 bits per heavy atom. The molecule has 1 heterocycles. The van der Waals surface area contributed by atoms with Crippen LogP contribution < -0.4 is 5.32 Å². The lowest BCUT2D eigenvalue weighted by Crippen LogP contribution is -2.38. The number of nitrogens with one attached hydrogen (secondary N) is 1. The standard InChI is InChI=1S/C18H20FN3O/c19-13-7-9-14(10-8-13)22-17-6-2-5-16(15(17)11-20-22)21-18(23)12-3-1-4-12/h7-12,16H,1-6H2,(H,21,23)/t16-/m0/s1. The lowest BCUT2D eigenvalue weighted by Gasteiger charge is -2.29. The zero-order valence-electron chi connectivity index (χ0n) is 13.0. The monoisotopic (exact) mass is 313 g/mol. The van der Waals surface area contributed by atoms with E-state index in [-0.39, 0.29) is 23.7 Å². The number of hydrogen-bond donors (Lipinski definition) is 1. The molecule has 0 aliphatic heterocycles. The van der Waals surface area contributed by atoms with Gasteiger partial charge < -0.3 is 5.32 Å². The Morgan fingerprint density at radius 3 is 2.65 bits per heavy atom. The molecular weight excluding hydrogens is 293 g/mol. The van der Waals surface area contributed by atoms with Gasteiger partial charge in [0.15, 0.2) is 0 Å². The number of fused-ring (bicyclic) bond motifs is 1. The van der Waals surface area contributed by atoms with E-state index in [9.17, 15) is 9.18 Å². The van der Waals surface area contributed by atoms with Crippen LogP contribution in [0.2, 0.25) is 0 Å². The average molecular weight is 313 g/mol. The van der Waals surface area contributed by atoms with Crippen LogP contribution in [0.1, 0.15) is 49.4 Å². The van der Waals surface area contributed by atoms with Crippen molar-refractivity contribution in [3.63, 3.8) is 0 Å². The van der Waals surface area contributed by atoms with Crippen molar-refractivity contribution in [3.8, 4) is 5.69 Å². The largest absolute Gasteiger partial charge is 0.349 e. The van der Waals surface area contributed by atoms with Crippen molar-refractivity contribution in [2.24, 2.45) is 5.92 Å². The third-order valence-electron chi connectivity index (χ3n) is 5.05. The van der Waals surface area contributed by atoms with Gasteiger partial charge in [0.25, 0.3) is 0 Å². The zero-order valence-corrected chi connectivity index (χ0v) is 13.0. The number of amides is 1. The van der Waals surface area contributed by atoms with E-state index in [1.54, 1.807) is 12.1 Å². The predicted molar refractivity (Wildman–Crippen MR) is 84.7 cm³/mol. The molecule has 0 saturated heterocycles. The molecule has 4 nitrogen and oxygen atoms in total. The van der Waals surface area contributed by atoms with E-state index in [4.69, 9.17) is 0 Å². The third kappa shape index (κ3) is 2.64. The molecule has 0 unspecified atom stereocenters. The molecule has 1 aromatic carbocycles. The van der Waals surface area contributed by atoms with E-state index >= 15 is 0 Å². The average Bonchev–Trinajstić information content (AvgIpc) is 2.91. The van der Waals surface area contributed by atoms with E-state index in [1.807, 2.05) is 10.9 Å². The molecule has 1 aromatic heterocycles. The number of aromatic nitrogens is 2. The van der Waals surface area contributed by atoms with Gasteiger partial charge in [-0.2, -0.15) is 5.10 Å². The van der Waals surface area contributed by atoms with Crippen LogP contribution in [0, 0.1) is 11.7 Å². The lowest BCUT2D eigenvalue weighted by molar-refractivity contribution is -0.128. The van der Waals surface area contributed by atoms with Gasteiger partial charge in [-0.05, 0) is 56.4 Å². The molecule has 23 heavy (non-hydrogen) atoms. The van der Waals surface area contributed by atoms with Crippen LogP contribution in [0.4, 0.5) is 4.39 Å². The van der Waals surface area contributed by atoms with Crippen molar-refractivity contribution in [1.82, 2.24) is 15.1 Å². The van der Waals surface area contributed by atoms with Gasteiger partial charge in [-0.3, -0.25) is 4.79 Å². The summed E-state index contributed by atoms with van der Waals surface area (Å²) in [5.74, 6) is 0.136. The molecular formula is C18H20FN3O. The Bertz CT molecular complexity index is 718. The Labute approximate surface area is 134 Å². The predicted octanol–water partition coefficient (Wildman–Crippen LogP) is 3.31. The summed E-state index contributed by atoms with van der Waals surface area (Å²) in [6.07, 6.45) is 7.96. The molecule has 120 valence electrons. The molecule has 2 aromatic rings. The summed E-state index contributed by atoms with van der Waals surface area (Å²) < 4.78 is 15.0. The minimum atomic E-state index is -0.250. The number of rotatable bonds is 3. The summed E-state index contributed by atoms with van der Waals surface area (Å²) in [6, 6.07) is 6.42. The highest BCUT2D eigenvalue weighted by atomic mass is 19.1. The molecule has 0 radical (unpaired) electrons. The molecule has 0 bridgehead atoms. The first-order valence-electron chi connectivity index (χ1n) is 8.35. The first-order valence-corrected chi connectivity index (χ1v) is 8.35. The summed E-state index contributed by atoms with van der Waals surface area (Å²) in [6.45, 7) is 0. The van der Waals surface area contributed by atoms with Crippen molar-refractivity contribution < 1.29 is 9.18 Å². The van der Waals surface area contributed by atoms with Crippen LogP contribution >= 0.6 is 0 Å². The topological polar surface area (TPSA) is 46.9 Å². The smallest absolute Gasteiger partial charge is 0.223 e. The Balaban J connectivity index is 1.59. The molecule has 5 heteroatoms. The lowest BCUT2D eigenvalue weighted by atomic mass is 9.84. The summed E-state index contributed by atoms with van der Waals surface area (Å²) in [5, 5.41) is 7.68. The van der Waals surface area contributed by atoms with Gasteiger partial charge >= 0.3 is 0 Å². The third-order valence-corrected chi connectivity index (χ3v) is 5.05. The fourth-order valence-corrected chi connectivity index (χ4v) is 3.47. The summed E-state index contributed by atoms with van der Waals surface area (Å²) in [4.78, 5) is 12.2. The number of hydrogen-bond acceptors (Lipinski definition) is 2. The minimum absolute atomic E-state index is 0.0565. The number of benzene rings is 1. The van der Waals surface area contributed by atoms with Crippen molar-refractivity contribution in [3.05, 3.63) is 47.5 Å². The fraction of sp³-hybridized carbons (Fsp3) is 0.444. The number of nitrogens with zero attached hydrogens (tertiary/aromatic N) is 2. The molecule has 1 amide bonds. The highest BCUT2D eigenvalue weighted by Gasteiger charge is 2.30. The van der Waals surface area contributed by atoms with E-state index in [0.29, 0.717) is 0 Å². The summed E-state index contributed by atoms with van der Waals surface area (Å²) in [7, 11) is 0. The number of carbonyl (C=O) groups is 1. The fourth-order valence-electron chi connectivity index (χ4n) is 3.47. The number of carbonyl (C=O) groups excluding carboxylic acids is 1. The normalized spacial score (nSPS) is 20.7. The van der Waals surface area contributed by atoms with Crippen molar-refractivity contribution >= 4 is 5.91 Å². The van der Waals surface area contributed by atoms with E-state index in [1.165, 1.54) is 12.1 Å². The van der Waals surface area contributed by atoms with E-state index in [2.05, 4.69) is 10.4 Å². The van der Waals surface area contributed by atoms with Crippen LogP contribution in [0.5, 0.6) is 0 Å². The van der Waals surface area contributed by atoms with E-state index < -0.39 is 0 Å². The highest BCUT2D eigenvalue weighted by molar-refractivity contribution is 5.79. The van der Waals surface area contributed by atoms with Gasteiger partial charge in [0.1, 0.15) is 5.82 Å². The summed E-state index contributed by atoms with van der Waals surface area (Å²) >= 11 is 0. The van der Waals surface area contributed by atoms with Gasteiger partial charge in [-0.1, -0.05) is 6.42 Å². The van der Waals surface area contributed by atoms with Gasteiger partial charge in [0.2, 0.25) is 5.91 Å².